The third kappa shape index (κ3) is 4.70. The number of para-hydroxylation sites is 1. The molecule has 2 aromatic heterocycles. The minimum atomic E-state index is -0.442. The van der Waals surface area contributed by atoms with Gasteiger partial charge in [0, 0.05) is 36.3 Å². The first-order valence-electron chi connectivity index (χ1n) is 10.7. The molecule has 0 spiro atoms. The Morgan fingerprint density at radius 3 is 2.79 bits per heavy atom. The molecule has 170 valence electrons. The number of rotatable bonds is 8. The maximum absolute atomic E-state index is 15.1. The summed E-state index contributed by atoms with van der Waals surface area (Å²) in [4.78, 5) is 16.0. The van der Waals surface area contributed by atoms with Crippen molar-refractivity contribution in [2.45, 2.75) is 26.5 Å². The first kappa shape index (κ1) is 22.4. The number of carbonyl (C=O) groups is 1. The summed E-state index contributed by atoms with van der Waals surface area (Å²) in [5.41, 5.74) is 9.37. The third-order valence-electron chi connectivity index (χ3n) is 5.38. The lowest BCUT2D eigenvalue weighted by molar-refractivity contribution is -0.142. The molecule has 2 aromatic carbocycles. The van der Waals surface area contributed by atoms with Gasteiger partial charge < -0.3 is 15.2 Å². The average Bonchev–Trinajstić information content (AvgIpc) is 3.19. The lowest BCUT2D eigenvalue weighted by Crippen LogP contribution is -2.09. The van der Waals surface area contributed by atoms with E-state index in [1.165, 1.54) is 0 Å². The lowest BCUT2D eigenvalue weighted by Gasteiger charge is -2.14. The zero-order chi connectivity index (χ0) is 23.4. The van der Waals surface area contributed by atoms with Crippen molar-refractivity contribution < 1.29 is 18.7 Å². The quantitative estimate of drug-likeness (QED) is 0.411. The smallest absolute Gasteiger partial charge is 0.310 e. The van der Waals surface area contributed by atoms with E-state index in [2.05, 4.69) is 10.1 Å². The summed E-state index contributed by atoms with van der Waals surface area (Å²) in [6.07, 6.45) is 3.39. The van der Waals surface area contributed by atoms with Gasteiger partial charge in [0.2, 0.25) is 0 Å². The molecule has 4 rings (SSSR count). The highest BCUT2D eigenvalue weighted by Crippen LogP contribution is 2.33. The number of fused-ring (bicyclic) bond motifs is 1. The van der Waals surface area contributed by atoms with Crippen LogP contribution in [-0.4, -0.2) is 27.3 Å². The topological polar surface area (TPSA) is 92.3 Å². The Bertz CT molecular complexity index is 1300. The van der Waals surface area contributed by atoms with Crippen molar-refractivity contribution in [2.24, 2.45) is 12.8 Å². The molecule has 0 saturated carbocycles. The monoisotopic (exact) mass is 448 g/mol. The molecule has 2 N–H and O–H groups in total. The van der Waals surface area contributed by atoms with Crippen LogP contribution in [0, 0.1) is 5.82 Å². The lowest BCUT2D eigenvalue weighted by atomic mass is 9.98. The molecule has 0 fully saturated rings. The summed E-state index contributed by atoms with van der Waals surface area (Å²) in [6, 6.07) is 12.8. The number of pyridine rings is 1. The van der Waals surface area contributed by atoms with Crippen LogP contribution in [0.15, 0.2) is 54.9 Å². The number of ether oxygens (including phenoxy) is 2. The number of carbonyl (C=O) groups excluding carboxylic acids is 1. The summed E-state index contributed by atoms with van der Waals surface area (Å²) in [7, 11) is 1.83. The summed E-state index contributed by atoms with van der Waals surface area (Å²) in [5, 5.41) is 5.16. The van der Waals surface area contributed by atoms with Crippen LogP contribution in [0.2, 0.25) is 0 Å². The van der Waals surface area contributed by atoms with Crippen LogP contribution in [0.3, 0.4) is 0 Å². The Balaban J connectivity index is 1.68. The number of halogens is 1. The summed E-state index contributed by atoms with van der Waals surface area (Å²) in [6.45, 7) is 2.34. The molecule has 4 aromatic rings. The Hall–Kier alpha value is -3.78. The largest absolute Gasteiger partial charge is 0.489 e. The molecular formula is C25H25FN4O3. The van der Waals surface area contributed by atoms with E-state index < -0.39 is 5.82 Å². The molecule has 33 heavy (non-hydrogen) atoms. The number of hydrogen-bond acceptors (Lipinski definition) is 6. The predicted molar refractivity (Wildman–Crippen MR) is 123 cm³/mol. The van der Waals surface area contributed by atoms with Crippen molar-refractivity contribution in [1.29, 1.82) is 0 Å². The molecule has 0 atom stereocenters. The van der Waals surface area contributed by atoms with Crippen LogP contribution in [0.1, 0.15) is 23.7 Å². The van der Waals surface area contributed by atoms with Crippen LogP contribution in [-0.2, 0) is 36.2 Å². The van der Waals surface area contributed by atoms with Gasteiger partial charge in [-0.1, -0.05) is 18.2 Å². The highest BCUT2D eigenvalue weighted by atomic mass is 19.1. The number of nitrogens with two attached hydrogens (primary N) is 1. The van der Waals surface area contributed by atoms with Gasteiger partial charge in [-0.3, -0.25) is 14.5 Å². The molecule has 0 unspecified atom stereocenters. The normalized spacial score (nSPS) is 11.0. The standard InChI is InChI=1S/C25H25FN4O3/c1-3-32-24(31)12-17-6-4-5-7-23(17)33-15-16-10-19(20-14-29-30(2)22(20)11-16)18-8-9-28-21(13-27)25(18)26/h4-11,14H,3,12-13,15,27H2,1-2H3. The summed E-state index contributed by atoms with van der Waals surface area (Å²) in [5.74, 6) is -0.156. The van der Waals surface area contributed by atoms with Gasteiger partial charge in [-0.25, -0.2) is 4.39 Å². The van der Waals surface area contributed by atoms with E-state index in [4.69, 9.17) is 15.2 Å². The average molecular weight is 448 g/mol. The molecule has 7 nitrogen and oxygen atoms in total. The predicted octanol–water partition coefficient (Wildman–Crippen LogP) is 3.92. The van der Waals surface area contributed by atoms with Gasteiger partial charge in [0.15, 0.2) is 5.82 Å². The van der Waals surface area contributed by atoms with E-state index in [1.54, 1.807) is 30.1 Å². The Morgan fingerprint density at radius 1 is 1.18 bits per heavy atom. The van der Waals surface area contributed by atoms with Crippen molar-refractivity contribution >= 4 is 16.9 Å². The van der Waals surface area contributed by atoms with Crippen LogP contribution < -0.4 is 10.5 Å². The maximum Gasteiger partial charge on any atom is 0.310 e. The van der Waals surface area contributed by atoms with E-state index in [9.17, 15) is 4.79 Å². The van der Waals surface area contributed by atoms with Gasteiger partial charge >= 0.3 is 5.97 Å². The van der Waals surface area contributed by atoms with Crippen molar-refractivity contribution in [3.8, 4) is 16.9 Å². The van der Waals surface area contributed by atoms with Crippen LogP contribution in [0.25, 0.3) is 22.0 Å². The molecule has 2 heterocycles. The van der Waals surface area contributed by atoms with E-state index in [0.29, 0.717) is 23.5 Å². The van der Waals surface area contributed by atoms with Crippen LogP contribution in [0.5, 0.6) is 5.75 Å². The molecule has 0 aliphatic carbocycles. The fourth-order valence-electron chi connectivity index (χ4n) is 3.77. The molecule has 0 radical (unpaired) electrons. The molecular weight excluding hydrogens is 423 g/mol. The van der Waals surface area contributed by atoms with E-state index in [-0.39, 0.29) is 31.2 Å². The van der Waals surface area contributed by atoms with Gasteiger partial charge in [0.1, 0.15) is 12.4 Å². The van der Waals surface area contributed by atoms with E-state index >= 15 is 4.39 Å². The molecule has 0 bridgehead atoms. The Morgan fingerprint density at radius 2 is 2.00 bits per heavy atom. The van der Waals surface area contributed by atoms with Gasteiger partial charge in [0.25, 0.3) is 0 Å². The van der Waals surface area contributed by atoms with E-state index in [0.717, 1.165) is 22.0 Å². The van der Waals surface area contributed by atoms with Gasteiger partial charge in [0.05, 0.1) is 30.4 Å². The zero-order valence-corrected chi connectivity index (χ0v) is 18.5. The Kier molecular flexibility index (Phi) is 6.65. The molecule has 0 amide bonds. The van der Waals surface area contributed by atoms with Crippen LogP contribution in [0.4, 0.5) is 4.39 Å². The number of aryl methyl sites for hydroxylation is 1. The van der Waals surface area contributed by atoms with Gasteiger partial charge in [-0.15, -0.1) is 0 Å². The van der Waals surface area contributed by atoms with Gasteiger partial charge in [-0.2, -0.15) is 5.10 Å². The fraction of sp³-hybridized carbons (Fsp3) is 0.240. The molecule has 0 aliphatic heterocycles. The third-order valence-corrected chi connectivity index (χ3v) is 5.38. The first-order valence-corrected chi connectivity index (χ1v) is 10.7. The molecule has 0 saturated heterocycles. The molecule has 8 heteroatoms. The minimum absolute atomic E-state index is 0.00983. The van der Waals surface area contributed by atoms with E-state index in [1.807, 2.05) is 43.4 Å². The highest BCUT2D eigenvalue weighted by Gasteiger charge is 2.17. The van der Waals surface area contributed by atoms with Crippen molar-refractivity contribution in [3.05, 3.63) is 77.5 Å². The fourth-order valence-corrected chi connectivity index (χ4v) is 3.77. The number of nitrogens with zero attached hydrogens (tertiary/aromatic N) is 3. The second-order valence-corrected chi connectivity index (χ2v) is 7.55. The van der Waals surface area contributed by atoms with Crippen molar-refractivity contribution in [2.75, 3.05) is 6.61 Å². The number of benzene rings is 2. The number of hydrogen-bond donors (Lipinski definition) is 1. The maximum atomic E-state index is 15.1. The minimum Gasteiger partial charge on any atom is -0.489 e. The highest BCUT2D eigenvalue weighted by molar-refractivity contribution is 5.95. The summed E-state index contributed by atoms with van der Waals surface area (Å²) < 4.78 is 27.9. The van der Waals surface area contributed by atoms with Crippen molar-refractivity contribution in [3.63, 3.8) is 0 Å². The zero-order valence-electron chi connectivity index (χ0n) is 18.5. The number of aromatic nitrogens is 3. The number of esters is 1. The molecule has 0 aliphatic rings. The second-order valence-electron chi connectivity index (χ2n) is 7.55. The van der Waals surface area contributed by atoms with Gasteiger partial charge in [-0.05, 0) is 42.3 Å². The van der Waals surface area contributed by atoms with Crippen LogP contribution >= 0.6 is 0 Å². The van der Waals surface area contributed by atoms with Crippen molar-refractivity contribution in [1.82, 2.24) is 14.8 Å². The first-order chi connectivity index (χ1) is 16.0. The Labute approximate surface area is 191 Å². The second kappa shape index (κ2) is 9.79. The summed E-state index contributed by atoms with van der Waals surface area (Å²) >= 11 is 0. The SMILES string of the molecule is CCOC(=O)Cc1ccccc1OCc1cc(-c2ccnc(CN)c2F)c2cnn(C)c2c1.